The van der Waals surface area contributed by atoms with Crippen LogP contribution < -0.4 is 20.5 Å². The van der Waals surface area contributed by atoms with E-state index in [1.165, 1.54) is 4.68 Å². The number of methoxy groups -OCH3 is 1. The Labute approximate surface area is 219 Å². The predicted molar refractivity (Wildman–Crippen MR) is 149 cm³/mol. The van der Waals surface area contributed by atoms with Crippen molar-refractivity contribution in [3.8, 4) is 11.5 Å². The van der Waals surface area contributed by atoms with Crippen LogP contribution in [0.5, 0.6) is 11.5 Å². The number of carbonyl (C=O) groups is 1. The summed E-state index contributed by atoms with van der Waals surface area (Å²) in [6.45, 7) is 2.96. The first-order chi connectivity index (χ1) is 18.6. The molecule has 9 heteroatoms. The van der Waals surface area contributed by atoms with Crippen molar-refractivity contribution in [1.82, 2.24) is 20.0 Å². The number of para-hydroxylation sites is 2. The van der Waals surface area contributed by atoms with Gasteiger partial charge in [0.15, 0.2) is 5.65 Å². The molecule has 0 radical (unpaired) electrons. The van der Waals surface area contributed by atoms with Crippen molar-refractivity contribution >= 4 is 40.1 Å². The fourth-order valence-corrected chi connectivity index (χ4v) is 4.13. The normalized spacial score (nSPS) is 11.3. The molecule has 0 saturated heterocycles. The first-order valence-electron chi connectivity index (χ1n) is 12.3. The fraction of sp³-hybridized carbons (Fsp3) is 0.172. The molecule has 9 nitrogen and oxygen atoms in total. The number of benzene rings is 3. The first kappa shape index (κ1) is 24.8. The van der Waals surface area contributed by atoms with Crippen molar-refractivity contribution in [1.29, 1.82) is 0 Å². The summed E-state index contributed by atoms with van der Waals surface area (Å²) in [6.07, 6.45) is 2.31. The second kappa shape index (κ2) is 11.0. The average Bonchev–Trinajstić information content (AvgIpc) is 3.21. The molecule has 5 aromatic rings. The van der Waals surface area contributed by atoms with Gasteiger partial charge in [-0.1, -0.05) is 24.3 Å². The topological polar surface area (TPSA) is 117 Å². The predicted octanol–water partition coefficient (Wildman–Crippen LogP) is 4.43. The van der Waals surface area contributed by atoms with Crippen LogP contribution in [0.2, 0.25) is 0 Å². The highest BCUT2D eigenvalue weighted by molar-refractivity contribution is 6.10. The zero-order valence-corrected chi connectivity index (χ0v) is 21.2. The van der Waals surface area contributed by atoms with Crippen LogP contribution in [0.15, 0.2) is 77.9 Å². The van der Waals surface area contributed by atoms with Crippen molar-refractivity contribution in [3.05, 3.63) is 89.5 Å². The second-order valence-electron chi connectivity index (χ2n) is 8.56. The molecule has 0 aliphatic rings. The third kappa shape index (κ3) is 5.12. The summed E-state index contributed by atoms with van der Waals surface area (Å²) in [5, 5.41) is 7.53. The van der Waals surface area contributed by atoms with Crippen LogP contribution >= 0.6 is 0 Å². The molecule has 5 rings (SSSR count). The summed E-state index contributed by atoms with van der Waals surface area (Å²) >= 11 is 0. The van der Waals surface area contributed by atoms with Crippen LogP contribution in [0.25, 0.3) is 22.2 Å². The Morgan fingerprint density at radius 2 is 1.68 bits per heavy atom. The lowest BCUT2D eigenvalue weighted by Gasteiger charge is -2.06. The molecule has 0 bridgehead atoms. The third-order valence-corrected chi connectivity index (χ3v) is 6.07. The number of rotatable bonds is 9. The van der Waals surface area contributed by atoms with Gasteiger partial charge in [0.2, 0.25) is 0 Å². The number of hydrogen-bond donors (Lipinski definition) is 2. The molecule has 0 fully saturated rings. The number of fused-ring (bicyclic) bond motifs is 2. The maximum atomic E-state index is 13.3. The van der Waals surface area contributed by atoms with Gasteiger partial charge in [-0.3, -0.25) is 4.79 Å². The van der Waals surface area contributed by atoms with Crippen LogP contribution in [-0.4, -0.2) is 47.0 Å². The number of nitrogens with one attached hydrogen (secondary N) is 1. The average molecular weight is 509 g/mol. The van der Waals surface area contributed by atoms with Gasteiger partial charge in [0.05, 0.1) is 31.0 Å². The van der Waals surface area contributed by atoms with Gasteiger partial charge in [-0.25, -0.2) is 9.97 Å². The number of nitrogens with two attached hydrogens (primary N) is 1. The lowest BCUT2D eigenvalue weighted by atomic mass is 10.1. The quantitative estimate of drug-likeness (QED) is 0.285. The highest BCUT2D eigenvalue weighted by atomic mass is 16.5. The number of carbonyl (C=O) groups excluding carboxylic acids is 1. The molecule has 0 aliphatic heterocycles. The molecular weight excluding hydrogens is 480 g/mol. The van der Waals surface area contributed by atoms with Crippen LogP contribution in [0, 0.1) is 0 Å². The summed E-state index contributed by atoms with van der Waals surface area (Å²) in [4.78, 5) is 22.8. The van der Waals surface area contributed by atoms with Gasteiger partial charge in [-0.15, -0.1) is 0 Å². The molecule has 3 aromatic carbocycles. The van der Waals surface area contributed by atoms with E-state index in [1.54, 1.807) is 13.3 Å². The van der Waals surface area contributed by atoms with Gasteiger partial charge in [0.25, 0.3) is 5.91 Å². The van der Waals surface area contributed by atoms with Crippen molar-refractivity contribution < 1.29 is 14.3 Å². The van der Waals surface area contributed by atoms with Crippen LogP contribution in [0.1, 0.15) is 28.4 Å². The van der Waals surface area contributed by atoms with E-state index in [0.717, 1.165) is 22.6 Å². The minimum absolute atomic E-state index is 0.166. The Hall–Kier alpha value is -4.92. The van der Waals surface area contributed by atoms with Crippen LogP contribution in [-0.2, 0) is 6.42 Å². The van der Waals surface area contributed by atoms with Gasteiger partial charge in [-0.05, 0) is 73.0 Å². The van der Waals surface area contributed by atoms with Gasteiger partial charge >= 0.3 is 0 Å². The summed E-state index contributed by atoms with van der Waals surface area (Å²) < 4.78 is 12.2. The Bertz CT molecular complexity index is 1610. The molecule has 0 saturated carbocycles. The lowest BCUT2D eigenvalue weighted by molar-refractivity contribution is 0.0956. The Balaban J connectivity index is 1.46. The van der Waals surface area contributed by atoms with Crippen LogP contribution in [0.4, 0.5) is 5.82 Å². The molecular formula is C29H28N6O3. The van der Waals surface area contributed by atoms with Gasteiger partial charge in [-0.2, -0.15) is 9.78 Å². The highest BCUT2D eigenvalue weighted by Crippen LogP contribution is 2.28. The zero-order chi connectivity index (χ0) is 26.5. The molecule has 3 N–H and O–H groups in total. The summed E-state index contributed by atoms with van der Waals surface area (Å²) in [7, 11) is 1.63. The van der Waals surface area contributed by atoms with Crippen LogP contribution in [0.3, 0.4) is 0 Å². The van der Waals surface area contributed by atoms with Crippen molar-refractivity contribution in [2.75, 3.05) is 26.0 Å². The van der Waals surface area contributed by atoms with E-state index in [-0.39, 0.29) is 17.3 Å². The SMILES string of the molecule is CCOc1ccc(/C=N/n2c(N)c(C(=O)NCCc3ccc(OC)cc3)c3nc4ccccc4nc32)cc1. The maximum absolute atomic E-state index is 13.3. The number of aromatic nitrogens is 3. The van der Waals surface area contributed by atoms with E-state index in [2.05, 4.69) is 10.4 Å². The van der Waals surface area contributed by atoms with Crippen molar-refractivity contribution in [2.45, 2.75) is 13.3 Å². The van der Waals surface area contributed by atoms with Gasteiger partial charge < -0.3 is 20.5 Å². The molecule has 2 aromatic heterocycles. The molecule has 0 atom stereocenters. The highest BCUT2D eigenvalue weighted by Gasteiger charge is 2.24. The lowest BCUT2D eigenvalue weighted by Crippen LogP contribution is -2.26. The Morgan fingerprint density at radius 1 is 1.00 bits per heavy atom. The largest absolute Gasteiger partial charge is 0.497 e. The van der Waals surface area contributed by atoms with Crippen molar-refractivity contribution in [3.63, 3.8) is 0 Å². The Morgan fingerprint density at radius 3 is 2.37 bits per heavy atom. The zero-order valence-electron chi connectivity index (χ0n) is 21.2. The minimum atomic E-state index is -0.333. The molecule has 1 amide bonds. The van der Waals surface area contributed by atoms with E-state index in [4.69, 9.17) is 25.2 Å². The molecule has 0 aliphatic carbocycles. The first-order valence-corrected chi connectivity index (χ1v) is 12.3. The number of nitrogens with zero attached hydrogens (tertiary/aromatic N) is 4. The smallest absolute Gasteiger partial charge is 0.257 e. The summed E-state index contributed by atoms with van der Waals surface area (Å²) in [6, 6.07) is 22.7. The summed E-state index contributed by atoms with van der Waals surface area (Å²) in [5.41, 5.74) is 10.8. The third-order valence-electron chi connectivity index (χ3n) is 6.07. The van der Waals surface area contributed by atoms with Crippen molar-refractivity contribution in [2.24, 2.45) is 5.10 Å². The molecule has 192 valence electrons. The Kier molecular flexibility index (Phi) is 7.17. The molecule has 38 heavy (non-hydrogen) atoms. The number of amides is 1. The number of ether oxygens (including phenoxy) is 2. The summed E-state index contributed by atoms with van der Waals surface area (Å²) in [5.74, 6) is 1.40. The number of nitrogen functional groups attached to an aromatic ring is 1. The van der Waals surface area contributed by atoms with Gasteiger partial charge in [0.1, 0.15) is 28.4 Å². The molecule has 0 unspecified atom stereocenters. The van der Waals surface area contributed by atoms with E-state index in [0.29, 0.717) is 41.8 Å². The van der Waals surface area contributed by atoms with Gasteiger partial charge in [0, 0.05) is 6.54 Å². The standard InChI is InChI=1S/C29H28N6O3/c1-3-38-22-14-10-20(11-15-22)18-32-35-27(30)25(26-28(35)34-24-7-5-4-6-23(24)33-26)29(36)31-17-16-19-8-12-21(37-2)13-9-19/h4-15,18H,3,16-17,30H2,1-2H3,(H,31,36)/b32-18+. The number of hydrogen-bond acceptors (Lipinski definition) is 7. The minimum Gasteiger partial charge on any atom is -0.497 e. The van der Waals surface area contributed by atoms with E-state index in [1.807, 2.05) is 79.7 Å². The second-order valence-corrected chi connectivity index (χ2v) is 8.56. The monoisotopic (exact) mass is 508 g/mol. The molecule has 2 heterocycles. The van der Waals surface area contributed by atoms with E-state index in [9.17, 15) is 4.79 Å². The van der Waals surface area contributed by atoms with E-state index >= 15 is 0 Å². The maximum Gasteiger partial charge on any atom is 0.257 e. The molecule has 0 spiro atoms. The van der Waals surface area contributed by atoms with E-state index < -0.39 is 0 Å². The number of anilines is 1. The fourth-order valence-electron chi connectivity index (χ4n) is 4.13.